The van der Waals surface area contributed by atoms with Crippen LogP contribution in [0.3, 0.4) is 0 Å². The zero-order valence-corrected chi connectivity index (χ0v) is 14.7. The highest BCUT2D eigenvalue weighted by molar-refractivity contribution is 6.31. The molecule has 0 saturated heterocycles. The molecule has 3 nitrogen and oxygen atoms in total. The van der Waals surface area contributed by atoms with Gasteiger partial charge in [-0.25, -0.2) is 0 Å². The average Bonchev–Trinajstić information content (AvgIpc) is 2.97. The van der Waals surface area contributed by atoms with E-state index in [4.69, 9.17) is 11.6 Å². The summed E-state index contributed by atoms with van der Waals surface area (Å²) in [5.41, 5.74) is 2.13. The maximum absolute atomic E-state index is 12.4. The Balaban J connectivity index is 1.71. The molecule has 0 radical (unpaired) electrons. The molecule has 0 unspecified atom stereocenters. The van der Waals surface area contributed by atoms with Gasteiger partial charge in [-0.15, -0.1) is 0 Å². The molecular formula is C19H25ClN2O. The zero-order valence-electron chi connectivity index (χ0n) is 13.9. The monoisotopic (exact) mass is 332 g/mol. The van der Waals surface area contributed by atoms with E-state index in [0.29, 0.717) is 6.54 Å². The molecular weight excluding hydrogens is 308 g/mol. The molecule has 1 saturated carbocycles. The summed E-state index contributed by atoms with van der Waals surface area (Å²) in [5.74, 6) is 0.432. The van der Waals surface area contributed by atoms with Crippen molar-refractivity contribution in [2.75, 3.05) is 6.54 Å². The molecule has 23 heavy (non-hydrogen) atoms. The van der Waals surface area contributed by atoms with Crippen molar-refractivity contribution in [1.82, 2.24) is 10.3 Å². The van der Waals surface area contributed by atoms with Gasteiger partial charge in [-0.05, 0) is 30.5 Å². The normalized spacial score (nSPS) is 16.7. The Morgan fingerprint density at radius 1 is 1.30 bits per heavy atom. The van der Waals surface area contributed by atoms with Crippen LogP contribution in [0.2, 0.25) is 5.02 Å². The fourth-order valence-corrected chi connectivity index (χ4v) is 3.74. The van der Waals surface area contributed by atoms with Gasteiger partial charge in [0.2, 0.25) is 5.91 Å². The Kier molecular flexibility index (Phi) is 4.67. The highest BCUT2D eigenvalue weighted by atomic mass is 35.5. The number of aromatic amines is 1. The van der Waals surface area contributed by atoms with Gasteiger partial charge in [-0.3, -0.25) is 4.79 Å². The molecule has 3 rings (SSSR count). The van der Waals surface area contributed by atoms with E-state index in [1.165, 1.54) is 30.2 Å². The van der Waals surface area contributed by atoms with Crippen molar-refractivity contribution in [2.24, 2.45) is 5.92 Å². The van der Waals surface area contributed by atoms with Crippen LogP contribution in [0.25, 0.3) is 10.9 Å². The van der Waals surface area contributed by atoms with Crippen LogP contribution < -0.4 is 5.32 Å². The summed E-state index contributed by atoms with van der Waals surface area (Å²) in [6, 6.07) is 5.91. The molecule has 0 spiro atoms. The topological polar surface area (TPSA) is 44.9 Å². The molecule has 1 amide bonds. The van der Waals surface area contributed by atoms with Gasteiger partial charge >= 0.3 is 0 Å². The van der Waals surface area contributed by atoms with Gasteiger partial charge in [0.25, 0.3) is 0 Å². The molecule has 4 heteroatoms. The fourth-order valence-electron chi connectivity index (χ4n) is 3.57. The molecule has 1 aromatic heterocycles. The first-order valence-corrected chi connectivity index (χ1v) is 8.90. The zero-order chi connectivity index (χ0) is 16.4. The molecule has 1 aliphatic rings. The SMILES string of the molecule is CC(C)(CNC(=O)C1CCCCC1)c1c[nH]c2cc(Cl)ccc12. The first-order chi connectivity index (χ1) is 11.0. The van der Waals surface area contributed by atoms with Crippen molar-refractivity contribution >= 4 is 28.4 Å². The van der Waals surface area contributed by atoms with Crippen molar-refractivity contribution in [3.05, 3.63) is 35.0 Å². The first-order valence-electron chi connectivity index (χ1n) is 8.52. The lowest BCUT2D eigenvalue weighted by Crippen LogP contribution is -2.40. The second kappa shape index (κ2) is 6.56. The van der Waals surface area contributed by atoms with Gasteiger partial charge in [0.05, 0.1) is 0 Å². The molecule has 2 aromatic rings. The van der Waals surface area contributed by atoms with E-state index in [0.717, 1.165) is 23.4 Å². The van der Waals surface area contributed by atoms with Crippen molar-refractivity contribution in [3.8, 4) is 0 Å². The van der Waals surface area contributed by atoms with E-state index in [9.17, 15) is 4.79 Å². The van der Waals surface area contributed by atoms with Gasteiger partial charge in [0.1, 0.15) is 0 Å². The van der Waals surface area contributed by atoms with Crippen LogP contribution in [0.5, 0.6) is 0 Å². The van der Waals surface area contributed by atoms with E-state index in [-0.39, 0.29) is 17.2 Å². The third-order valence-corrected chi connectivity index (χ3v) is 5.29. The number of rotatable bonds is 4. The van der Waals surface area contributed by atoms with Crippen LogP contribution in [0.4, 0.5) is 0 Å². The van der Waals surface area contributed by atoms with Crippen LogP contribution in [-0.4, -0.2) is 17.4 Å². The summed E-state index contributed by atoms with van der Waals surface area (Å²) in [7, 11) is 0. The van der Waals surface area contributed by atoms with Gasteiger partial charge in [-0.1, -0.05) is 50.8 Å². The fraction of sp³-hybridized carbons (Fsp3) is 0.526. The number of H-pyrrole nitrogens is 1. The Labute approximate surface area is 142 Å². The van der Waals surface area contributed by atoms with E-state index in [2.05, 4.69) is 24.1 Å². The second-order valence-electron chi connectivity index (χ2n) is 7.33. The van der Waals surface area contributed by atoms with E-state index < -0.39 is 0 Å². The lowest BCUT2D eigenvalue weighted by Gasteiger charge is -2.27. The average molecular weight is 333 g/mol. The summed E-state index contributed by atoms with van der Waals surface area (Å²) < 4.78 is 0. The van der Waals surface area contributed by atoms with Crippen molar-refractivity contribution in [2.45, 2.75) is 51.4 Å². The van der Waals surface area contributed by atoms with Crippen LogP contribution in [0, 0.1) is 5.92 Å². The number of hydrogen-bond acceptors (Lipinski definition) is 1. The number of benzene rings is 1. The number of carbonyl (C=O) groups excluding carboxylic acids is 1. The lowest BCUT2D eigenvalue weighted by atomic mass is 9.83. The van der Waals surface area contributed by atoms with Gasteiger partial charge in [-0.2, -0.15) is 0 Å². The van der Waals surface area contributed by atoms with E-state index >= 15 is 0 Å². The van der Waals surface area contributed by atoms with E-state index in [1.807, 2.05) is 24.4 Å². The third-order valence-electron chi connectivity index (χ3n) is 5.05. The quantitative estimate of drug-likeness (QED) is 0.830. The summed E-state index contributed by atoms with van der Waals surface area (Å²) in [4.78, 5) is 15.7. The second-order valence-corrected chi connectivity index (χ2v) is 7.77. The standard InChI is InChI=1S/C19H25ClN2O/c1-19(2,12-22-18(23)13-6-4-3-5-7-13)16-11-21-17-10-14(20)8-9-15(16)17/h8-11,13,21H,3-7,12H2,1-2H3,(H,22,23). The van der Waals surface area contributed by atoms with Gasteiger partial charge in [0.15, 0.2) is 0 Å². The largest absolute Gasteiger partial charge is 0.361 e. The predicted octanol–water partition coefficient (Wildman–Crippen LogP) is 4.80. The lowest BCUT2D eigenvalue weighted by molar-refractivity contribution is -0.126. The number of hydrogen-bond donors (Lipinski definition) is 2. The molecule has 0 bridgehead atoms. The number of nitrogens with one attached hydrogen (secondary N) is 2. The van der Waals surface area contributed by atoms with Crippen LogP contribution >= 0.6 is 11.6 Å². The third kappa shape index (κ3) is 3.55. The maximum Gasteiger partial charge on any atom is 0.223 e. The Morgan fingerprint density at radius 3 is 2.78 bits per heavy atom. The minimum atomic E-state index is -0.129. The molecule has 0 aliphatic heterocycles. The van der Waals surface area contributed by atoms with Crippen molar-refractivity contribution < 1.29 is 4.79 Å². The van der Waals surface area contributed by atoms with Crippen LogP contribution in [0.1, 0.15) is 51.5 Å². The first kappa shape index (κ1) is 16.4. The summed E-state index contributed by atoms with van der Waals surface area (Å²) >= 11 is 6.05. The minimum Gasteiger partial charge on any atom is -0.361 e. The summed E-state index contributed by atoms with van der Waals surface area (Å²) in [5, 5.41) is 5.08. The number of halogens is 1. The maximum atomic E-state index is 12.4. The number of aromatic nitrogens is 1. The van der Waals surface area contributed by atoms with E-state index in [1.54, 1.807) is 0 Å². The van der Waals surface area contributed by atoms with Gasteiger partial charge < -0.3 is 10.3 Å². The molecule has 1 heterocycles. The van der Waals surface area contributed by atoms with Crippen LogP contribution in [-0.2, 0) is 10.2 Å². The highest BCUT2D eigenvalue weighted by Gasteiger charge is 2.27. The molecule has 0 atom stereocenters. The summed E-state index contributed by atoms with van der Waals surface area (Å²) in [6.45, 7) is 4.99. The smallest absolute Gasteiger partial charge is 0.223 e. The summed E-state index contributed by atoms with van der Waals surface area (Å²) in [6.07, 6.45) is 7.76. The highest BCUT2D eigenvalue weighted by Crippen LogP contribution is 2.31. The molecule has 1 aromatic carbocycles. The number of carbonyl (C=O) groups is 1. The Hall–Kier alpha value is -1.48. The van der Waals surface area contributed by atoms with Gasteiger partial charge in [0, 0.05) is 40.0 Å². The molecule has 1 fully saturated rings. The van der Waals surface area contributed by atoms with Crippen LogP contribution in [0.15, 0.2) is 24.4 Å². The Bertz CT molecular complexity index is 698. The number of fused-ring (bicyclic) bond motifs is 1. The van der Waals surface area contributed by atoms with Crippen molar-refractivity contribution in [3.63, 3.8) is 0 Å². The van der Waals surface area contributed by atoms with Crippen molar-refractivity contribution in [1.29, 1.82) is 0 Å². The predicted molar refractivity (Wildman–Crippen MR) is 95.9 cm³/mol. The molecule has 1 aliphatic carbocycles. The minimum absolute atomic E-state index is 0.129. The molecule has 124 valence electrons. The number of amides is 1. The Morgan fingerprint density at radius 2 is 2.04 bits per heavy atom. The molecule has 2 N–H and O–H groups in total.